The minimum absolute atomic E-state index is 0.222. The number of aryl methyl sites for hydroxylation is 1. The minimum atomic E-state index is -0.268. The minimum Gasteiger partial charge on any atom is -0.467 e. The van der Waals surface area contributed by atoms with E-state index >= 15 is 0 Å². The number of hydrogen-bond acceptors (Lipinski definition) is 3. The Morgan fingerprint density at radius 3 is 2.67 bits per heavy atom. The zero-order chi connectivity index (χ0) is 11.3. The standard InChI is InChI=1S/C12H17NO2/c1-4-10(12(14)15-3)13-11-8-6-5-7-9(11)2/h5-8,10,13H,4H2,1-3H3. The number of hydrogen-bond donors (Lipinski definition) is 1. The molecule has 0 saturated carbocycles. The third-order valence-electron chi connectivity index (χ3n) is 2.37. The molecule has 1 aromatic rings. The van der Waals surface area contributed by atoms with E-state index in [2.05, 4.69) is 5.32 Å². The first-order valence-electron chi connectivity index (χ1n) is 5.09. The van der Waals surface area contributed by atoms with E-state index in [9.17, 15) is 4.79 Å². The van der Waals surface area contributed by atoms with Crippen LogP contribution in [-0.2, 0) is 9.53 Å². The summed E-state index contributed by atoms with van der Waals surface area (Å²) in [5, 5.41) is 3.17. The lowest BCUT2D eigenvalue weighted by atomic mass is 10.1. The summed E-state index contributed by atoms with van der Waals surface area (Å²) in [6.07, 6.45) is 0.709. The number of benzene rings is 1. The molecule has 0 aromatic heterocycles. The Bertz CT molecular complexity index is 336. The zero-order valence-corrected chi connectivity index (χ0v) is 9.41. The summed E-state index contributed by atoms with van der Waals surface area (Å²) in [7, 11) is 1.41. The van der Waals surface area contributed by atoms with Crippen LogP contribution in [0.5, 0.6) is 0 Å². The first kappa shape index (κ1) is 11.6. The largest absolute Gasteiger partial charge is 0.467 e. The molecule has 0 radical (unpaired) electrons. The summed E-state index contributed by atoms with van der Waals surface area (Å²) in [4.78, 5) is 11.4. The molecule has 0 saturated heterocycles. The molecule has 1 N–H and O–H groups in total. The number of rotatable bonds is 4. The maximum atomic E-state index is 11.4. The summed E-state index contributed by atoms with van der Waals surface area (Å²) < 4.78 is 4.71. The fraction of sp³-hybridized carbons (Fsp3) is 0.417. The Morgan fingerprint density at radius 2 is 2.13 bits per heavy atom. The van der Waals surface area contributed by atoms with E-state index in [1.807, 2.05) is 38.1 Å². The average Bonchev–Trinajstić information content (AvgIpc) is 2.27. The van der Waals surface area contributed by atoms with Gasteiger partial charge in [0.25, 0.3) is 0 Å². The van der Waals surface area contributed by atoms with E-state index in [-0.39, 0.29) is 12.0 Å². The molecular weight excluding hydrogens is 190 g/mol. The van der Waals surface area contributed by atoms with Gasteiger partial charge in [-0.2, -0.15) is 0 Å². The van der Waals surface area contributed by atoms with Gasteiger partial charge < -0.3 is 10.1 Å². The van der Waals surface area contributed by atoms with E-state index in [1.165, 1.54) is 7.11 Å². The van der Waals surface area contributed by atoms with Crippen molar-refractivity contribution in [3.63, 3.8) is 0 Å². The molecule has 0 heterocycles. The SMILES string of the molecule is CCC(Nc1ccccc1C)C(=O)OC. The summed E-state index contributed by atoms with van der Waals surface area (Å²) in [6, 6.07) is 7.61. The summed E-state index contributed by atoms with van der Waals surface area (Å²) in [5.74, 6) is -0.222. The molecule has 1 atom stereocenters. The predicted molar refractivity (Wildman–Crippen MR) is 60.9 cm³/mol. The fourth-order valence-corrected chi connectivity index (χ4v) is 1.39. The lowest BCUT2D eigenvalue weighted by Crippen LogP contribution is -2.30. The van der Waals surface area contributed by atoms with Crippen molar-refractivity contribution in [3.05, 3.63) is 29.8 Å². The molecule has 3 heteroatoms. The highest BCUT2D eigenvalue weighted by Crippen LogP contribution is 2.15. The monoisotopic (exact) mass is 207 g/mol. The van der Waals surface area contributed by atoms with Crippen LogP contribution in [0.15, 0.2) is 24.3 Å². The lowest BCUT2D eigenvalue weighted by molar-refractivity contribution is -0.141. The van der Waals surface area contributed by atoms with Crippen LogP contribution in [0.4, 0.5) is 5.69 Å². The van der Waals surface area contributed by atoms with Crippen LogP contribution < -0.4 is 5.32 Å². The van der Waals surface area contributed by atoms with Crippen molar-refractivity contribution in [2.45, 2.75) is 26.3 Å². The maximum absolute atomic E-state index is 11.4. The topological polar surface area (TPSA) is 38.3 Å². The number of esters is 1. The van der Waals surface area contributed by atoms with Crippen LogP contribution in [0.2, 0.25) is 0 Å². The van der Waals surface area contributed by atoms with Gasteiger partial charge in [-0.05, 0) is 25.0 Å². The van der Waals surface area contributed by atoms with Gasteiger partial charge in [-0.25, -0.2) is 4.79 Å². The van der Waals surface area contributed by atoms with Gasteiger partial charge in [0.1, 0.15) is 6.04 Å². The van der Waals surface area contributed by atoms with Gasteiger partial charge in [0.05, 0.1) is 7.11 Å². The third kappa shape index (κ3) is 2.98. The second-order valence-electron chi connectivity index (χ2n) is 3.44. The number of carbonyl (C=O) groups is 1. The second-order valence-corrected chi connectivity index (χ2v) is 3.44. The highest BCUT2D eigenvalue weighted by Gasteiger charge is 2.16. The van der Waals surface area contributed by atoms with Gasteiger partial charge >= 0.3 is 5.97 Å². The molecule has 0 aliphatic rings. The Labute approximate surface area is 90.4 Å². The van der Waals surface area contributed by atoms with Gasteiger partial charge in [-0.1, -0.05) is 25.1 Å². The molecule has 15 heavy (non-hydrogen) atoms. The first-order chi connectivity index (χ1) is 7.19. The van der Waals surface area contributed by atoms with E-state index < -0.39 is 0 Å². The number of nitrogens with one attached hydrogen (secondary N) is 1. The van der Waals surface area contributed by atoms with Crippen LogP contribution in [0, 0.1) is 6.92 Å². The average molecular weight is 207 g/mol. The molecule has 0 aliphatic carbocycles. The van der Waals surface area contributed by atoms with Crippen molar-refractivity contribution in [3.8, 4) is 0 Å². The maximum Gasteiger partial charge on any atom is 0.328 e. The number of ether oxygens (including phenoxy) is 1. The molecule has 3 nitrogen and oxygen atoms in total. The molecule has 0 fully saturated rings. The van der Waals surface area contributed by atoms with E-state index in [4.69, 9.17) is 4.74 Å². The molecule has 0 amide bonds. The van der Waals surface area contributed by atoms with Gasteiger partial charge in [-0.3, -0.25) is 0 Å². The zero-order valence-electron chi connectivity index (χ0n) is 9.41. The van der Waals surface area contributed by atoms with Crippen LogP contribution >= 0.6 is 0 Å². The molecule has 82 valence electrons. The quantitative estimate of drug-likeness (QED) is 0.770. The van der Waals surface area contributed by atoms with Crippen LogP contribution in [0.1, 0.15) is 18.9 Å². The Balaban J connectivity index is 2.75. The second kappa shape index (κ2) is 5.39. The smallest absolute Gasteiger partial charge is 0.328 e. The summed E-state index contributed by atoms with van der Waals surface area (Å²) in [6.45, 7) is 3.96. The Kier molecular flexibility index (Phi) is 4.16. The van der Waals surface area contributed by atoms with E-state index in [0.29, 0.717) is 6.42 Å². The van der Waals surface area contributed by atoms with Crippen molar-refractivity contribution < 1.29 is 9.53 Å². The van der Waals surface area contributed by atoms with Crippen LogP contribution in [0.25, 0.3) is 0 Å². The normalized spacial score (nSPS) is 11.9. The molecular formula is C12H17NO2. The van der Waals surface area contributed by atoms with E-state index in [1.54, 1.807) is 0 Å². The predicted octanol–water partition coefficient (Wildman–Crippen LogP) is 2.36. The molecule has 0 bridgehead atoms. The van der Waals surface area contributed by atoms with Gasteiger partial charge in [0, 0.05) is 5.69 Å². The van der Waals surface area contributed by atoms with Crippen molar-refractivity contribution in [1.29, 1.82) is 0 Å². The van der Waals surface area contributed by atoms with Crippen molar-refractivity contribution in [1.82, 2.24) is 0 Å². The lowest BCUT2D eigenvalue weighted by Gasteiger charge is -2.17. The van der Waals surface area contributed by atoms with Crippen LogP contribution in [-0.4, -0.2) is 19.1 Å². The number of carbonyl (C=O) groups excluding carboxylic acids is 1. The highest BCUT2D eigenvalue weighted by atomic mass is 16.5. The Hall–Kier alpha value is -1.51. The molecule has 1 aromatic carbocycles. The van der Waals surface area contributed by atoms with Crippen molar-refractivity contribution in [2.75, 3.05) is 12.4 Å². The summed E-state index contributed by atoms with van der Waals surface area (Å²) >= 11 is 0. The number of para-hydroxylation sites is 1. The molecule has 0 spiro atoms. The molecule has 1 unspecified atom stereocenters. The van der Waals surface area contributed by atoms with Gasteiger partial charge in [0.2, 0.25) is 0 Å². The number of methoxy groups -OCH3 is 1. The summed E-state index contributed by atoms with van der Waals surface area (Å²) in [5.41, 5.74) is 2.11. The van der Waals surface area contributed by atoms with Crippen molar-refractivity contribution >= 4 is 11.7 Å². The third-order valence-corrected chi connectivity index (χ3v) is 2.37. The van der Waals surface area contributed by atoms with Gasteiger partial charge in [0.15, 0.2) is 0 Å². The molecule has 1 rings (SSSR count). The van der Waals surface area contributed by atoms with Crippen molar-refractivity contribution in [2.24, 2.45) is 0 Å². The fourth-order valence-electron chi connectivity index (χ4n) is 1.39. The Morgan fingerprint density at radius 1 is 1.47 bits per heavy atom. The highest BCUT2D eigenvalue weighted by molar-refractivity contribution is 5.79. The van der Waals surface area contributed by atoms with Crippen LogP contribution in [0.3, 0.4) is 0 Å². The first-order valence-corrected chi connectivity index (χ1v) is 5.09. The van der Waals surface area contributed by atoms with E-state index in [0.717, 1.165) is 11.3 Å². The van der Waals surface area contributed by atoms with Gasteiger partial charge in [-0.15, -0.1) is 0 Å². The molecule has 0 aliphatic heterocycles. The number of anilines is 1.